The van der Waals surface area contributed by atoms with E-state index in [1.165, 1.54) is 23.8 Å². The van der Waals surface area contributed by atoms with Gasteiger partial charge < -0.3 is 19.7 Å². The third-order valence-corrected chi connectivity index (χ3v) is 5.54. The molecule has 136 valence electrons. The lowest BCUT2D eigenvalue weighted by Gasteiger charge is -2.19. The van der Waals surface area contributed by atoms with Crippen molar-refractivity contribution < 1.29 is 19.5 Å². The van der Waals surface area contributed by atoms with E-state index < -0.39 is 0 Å². The number of likely N-dealkylation sites (tertiary alicyclic amines) is 1. The van der Waals surface area contributed by atoms with Crippen LogP contribution in [-0.2, 0) is 6.54 Å². The highest BCUT2D eigenvalue weighted by molar-refractivity contribution is 6.15. The fourth-order valence-corrected chi connectivity index (χ4v) is 4.11. The monoisotopic (exact) mass is 360 g/mol. The van der Waals surface area contributed by atoms with Crippen molar-refractivity contribution in [2.75, 3.05) is 13.1 Å². The molecule has 0 atom stereocenters. The third kappa shape index (κ3) is 2.71. The lowest BCUT2D eigenvalue weighted by molar-refractivity contribution is -0.901. The number of carbonyl (C=O) groups is 1. The molecule has 2 N–H and O–H groups in total. The Kier molecular flexibility index (Phi) is 3.76. The number of fused-ring (bicyclic) bond motifs is 2. The molecule has 2 aromatic carbocycles. The molecule has 3 aromatic rings. The Morgan fingerprint density at radius 3 is 2.81 bits per heavy atom. The Hall–Kier alpha value is -3.05. The molecule has 2 aliphatic heterocycles. The molecule has 2 aliphatic rings. The molecule has 0 aliphatic carbocycles. The van der Waals surface area contributed by atoms with Gasteiger partial charge in [0, 0.05) is 41.1 Å². The average Bonchev–Trinajstić information content (AvgIpc) is 3.39. The van der Waals surface area contributed by atoms with Crippen LogP contribution in [-0.4, -0.2) is 23.9 Å². The van der Waals surface area contributed by atoms with Crippen LogP contribution in [0.3, 0.4) is 0 Å². The minimum atomic E-state index is -0.159. The first-order valence-electron chi connectivity index (χ1n) is 9.37. The van der Waals surface area contributed by atoms with Gasteiger partial charge in [-0.15, -0.1) is 0 Å². The summed E-state index contributed by atoms with van der Waals surface area (Å²) < 4.78 is 5.95. The van der Waals surface area contributed by atoms with E-state index in [-0.39, 0.29) is 17.3 Å². The van der Waals surface area contributed by atoms with E-state index in [1.807, 2.05) is 30.5 Å². The summed E-state index contributed by atoms with van der Waals surface area (Å²) in [6.07, 6.45) is 6.00. The predicted molar refractivity (Wildman–Crippen MR) is 101 cm³/mol. The van der Waals surface area contributed by atoms with E-state index in [0.717, 1.165) is 29.6 Å². The Balaban J connectivity index is 1.53. The Morgan fingerprint density at radius 1 is 1.15 bits per heavy atom. The maximum absolute atomic E-state index is 12.8. The van der Waals surface area contributed by atoms with Crippen LogP contribution >= 0.6 is 0 Å². The predicted octanol–water partition coefficient (Wildman–Crippen LogP) is 2.04. The van der Waals surface area contributed by atoms with Gasteiger partial charge in [-0.2, -0.15) is 0 Å². The first kappa shape index (κ1) is 16.1. The highest BCUT2D eigenvalue weighted by atomic mass is 16.5. The lowest BCUT2D eigenvalue weighted by Crippen LogP contribution is -3.08. The number of para-hydroxylation sites is 1. The summed E-state index contributed by atoms with van der Waals surface area (Å²) in [5.41, 5.74) is 3.03. The molecule has 0 amide bonds. The number of rotatable bonds is 3. The van der Waals surface area contributed by atoms with Crippen LogP contribution in [0, 0.1) is 0 Å². The van der Waals surface area contributed by atoms with Gasteiger partial charge in [0.05, 0.1) is 18.7 Å². The minimum absolute atomic E-state index is 0.0469. The van der Waals surface area contributed by atoms with Gasteiger partial charge in [0.2, 0.25) is 5.78 Å². The van der Waals surface area contributed by atoms with Crippen molar-refractivity contribution in [2.24, 2.45) is 0 Å². The van der Waals surface area contributed by atoms with Crippen LogP contribution in [0.5, 0.6) is 11.5 Å². The van der Waals surface area contributed by atoms with Crippen molar-refractivity contribution in [1.29, 1.82) is 0 Å². The second-order valence-corrected chi connectivity index (χ2v) is 7.28. The van der Waals surface area contributed by atoms with Crippen molar-refractivity contribution in [3.05, 3.63) is 65.0 Å². The number of nitrogens with one attached hydrogen (secondary N) is 2. The number of H-pyrrole nitrogens is 1. The molecule has 0 saturated carbocycles. The molecule has 27 heavy (non-hydrogen) atoms. The van der Waals surface area contributed by atoms with E-state index in [0.29, 0.717) is 23.4 Å². The highest BCUT2D eigenvalue weighted by Gasteiger charge is 2.31. The van der Waals surface area contributed by atoms with E-state index in [1.54, 1.807) is 12.1 Å². The summed E-state index contributed by atoms with van der Waals surface area (Å²) in [7, 11) is 0. The van der Waals surface area contributed by atoms with Crippen molar-refractivity contribution in [1.82, 2.24) is 4.98 Å². The topological polar surface area (TPSA) is 69.6 Å². The van der Waals surface area contributed by atoms with E-state index in [2.05, 4.69) is 4.98 Å². The Labute approximate surface area is 156 Å². The van der Waals surface area contributed by atoms with Crippen LogP contribution < -0.4 is 14.7 Å². The Morgan fingerprint density at radius 2 is 1.96 bits per heavy atom. The quantitative estimate of drug-likeness (QED) is 0.703. The van der Waals surface area contributed by atoms with Crippen molar-refractivity contribution in [3.63, 3.8) is 0 Å². The second-order valence-electron chi connectivity index (χ2n) is 7.28. The van der Waals surface area contributed by atoms with Gasteiger partial charge in [-0.1, -0.05) is 30.0 Å². The second kappa shape index (κ2) is 6.28. The van der Waals surface area contributed by atoms with E-state index in [4.69, 9.17) is 4.74 Å². The van der Waals surface area contributed by atoms with Gasteiger partial charge in [-0.25, -0.2) is 0 Å². The van der Waals surface area contributed by atoms with E-state index in [9.17, 15) is 9.90 Å². The third-order valence-electron chi connectivity index (χ3n) is 5.54. The summed E-state index contributed by atoms with van der Waals surface area (Å²) in [5, 5.41) is 13.5. The van der Waals surface area contributed by atoms with Crippen LogP contribution in [0.1, 0.15) is 34.3 Å². The zero-order chi connectivity index (χ0) is 18.4. The molecule has 5 heteroatoms. The molecule has 0 spiro atoms. The number of hydrogen-bond acceptors (Lipinski definition) is 3. The number of allylic oxidation sites excluding steroid dienone is 1. The van der Waals surface area contributed by atoms with Crippen molar-refractivity contribution in [3.8, 4) is 11.5 Å². The number of aromatic amines is 1. The van der Waals surface area contributed by atoms with E-state index >= 15 is 0 Å². The number of aromatic nitrogens is 1. The summed E-state index contributed by atoms with van der Waals surface area (Å²) in [4.78, 5) is 17.4. The maximum Gasteiger partial charge on any atom is 0.231 e. The van der Waals surface area contributed by atoms with Gasteiger partial charge >= 0.3 is 0 Å². The number of Topliss-reactive ketones (excluding diaryl/α,β-unsaturated/α-hetero) is 1. The zero-order valence-electron chi connectivity index (χ0n) is 14.9. The zero-order valence-corrected chi connectivity index (χ0v) is 14.9. The highest BCUT2D eigenvalue weighted by Crippen LogP contribution is 2.38. The summed E-state index contributed by atoms with van der Waals surface area (Å²) >= 11 is 0. The summed E-state index contributed by atoms with van der Waals surface area (Å²) in [5.74, 6) is 0.526. The summed E-state index contributed by atoms with van der Waals surface area (Å²) in [6, 6.07) is 11.0. The number of ether oxygens (including phenoxy) is 1. The molecule has 1 aromatic heterocycles. The molecule has 5 rings (SSSR count). The minimum Gasteiger partial charge on any atom is -0.872 e. The first-order valence-corrected chi connectivity index (χ1v) is 9.37. The molecular weight excluding hydrogens is 340 g/mol. The van der Waals surface area contributed by atoms with Crippen molar-refractivity contribution >= 4 is 22.8 Å². The standard InChI is InChI=1S/C22H20N2O3/c25-19-8-7-16-21(26)20(11-14-12-23-18-6-2-1-5-15(14)18)27-22(16)17(19)13-24-9-3-4-10-24/h1-2,5-8,11-12,23,25H,3-4,9-10,13H2. The first-order chi connectivity index (χ1) is 13.2. The summed E-state index contributed by atoms with van der Waals surface area (Å²) in [6.45, 7) is 2.75. The molecule has 3 heterocycles. The maximum atomic E-state index is 12.8. The van der Waals surface area contributed by atoms with Gasteiger partial charge in [0.15, 0.2) is 5.76 Å². The average molecular weight is 360 g/mol. The molecule has 1 saturated heterocycles. The smallest absolute Gasteiger partial charge is 0.231 e. The normalized spacial score (nSPS) is 18.4. The fraction of sp³-hybridized carbons (Fsp3) is 0.227. The van der Waals surface area contributed by atoms with Crippen molar-refractivity contribution in [2.45, 2.75) is 19.4 Å². The Bertz CT molecular complexity index is 1070. The van der Waals surface area contributed by atoms with Gasteiger partial charge in [0.25, 0.3) is 0 Å². The van der Waals surface area contributed by atoms with Gasteiger partial charge in [-0.05, 0) is 18.2 Å². The lowest BCUT2D eigenvalue weighted by atomic mass is 10.0. The number of quaternary nitrogens is 1. The number of carbonyl (C=O) groups excluding carboxylic acids is 1. The SMILES string of the molecule is O=C1C(=Cc2c[nH]c3ccccc23)Oc2c1ccc([O-])c2C[NH+]1CCCC1. The molecule has 1 fully saturated rings. The van der Waals surface area contributed by atoms with Crippen LogP contribution in [0.15, 0.2) is 48.4 Å². The van der Waals surface area contributed by atoms with Crippen LogP contribution in [0.2, 0.25) is 0 Å². The number of benzene rings is 2. The van der Waals surface area contributed by atoms with Crippen LogP contribution in [0.4, 0.5) is 0 Å². The molecule has 0 bridgehead atoms. The fourth-order valence-electron chi connectivity index (χ4n) is 4.11. The molecule has 0 radical (unpaired) electrons. The molecule has 5 nitrogen and oxygen atoms in total. The number of hydrogen-bond donors (Lipinski definition) is 2. The largest absolute Gasteiger partial charge is 0.872 e. The number of ketones is 1. The van der Waals surface area contributed by atoms with Gasteiger partial charge in [0.1, 0.15) is 12.3 Å². The van der Waals surface area contributed by atoms with Crippen LogP contribution in [0.25, 0.3) is 17.0 Å². The molecular formula is C22H20N2O3. The molecule has 0 unspecified atom stereocenters. The van der Waals surface area contributed by atoms with Gasteiger partial charge in [-0.3, -0.25) is 4.79 Å².